The van der Waals surface area contributed by atoms with Gasteiger partial charge in [0.15, 0.2) is 5.69 Å². The van der Waals surface area contributed by atoms with E-state index in [0.717, 1.165) is 0 Å². The van der Waals surface area contributed by atoms with Gasteiger partial charge in [-0.25, -0.2) is 14.6 Å². The second-order valence-corrected chi connectivity index (χ2v) is 4.44. The van der Waals surface area contributed by atoms with Crippen molar-refractivity contribution in [3.05, 3.63) is 23.4 Å². The van der Waals surface area contributed by atoms with Gasteiger partial charge in [-0.1, -0.05) is 0 Å². The summed E-state index contributed by atoms with van der Waals surface area (Å²) < 4.78 is 5.07. The number of ether oxygens (including phenoxy) is 1. The molecule has 6 nitrogen and oxygen atoms in total. The molecule has 0 spiro atoms. The van der Waals surface area contributed by atoms with Crippen LogP contribution in [0.5, 0.6) is 0 Å². The first-order valence-electron chi connectivity index (χ1n) is 4.94. The number of aromatic nitrogens is 1. The highest BCUT2D eigenvalue weighted by molar-refractivity contribution is 5.95. The molecule has 1 aromatic rings. The van der Waals surface area contributed by atoms with Crippen LogP contribution in [0.3, 0.4) is 0 Å². The van der Waals surface area contributed by atoms with E-state index < -0.39 is 17.5 Å². The summed E-state index contributed by atoms with van der Waals surface area (Å²) in [5.41, 5.74) is 4.63. The number of rotatable bonds is 2. The second kappa shape index (κ2) is 4.40. The topological polar surface area (TPSA) is 103 Å². The first-order chi connectivity index (χ1) is 7.70. The number of nitrogens with two attached hydrogens (primary N) is 1. The third-order valence-corrected chi connectivity index (χ3v) is 1.76. The molecule has 0 saturated carbocycles. The predicted octanol–water partition coefficient (Wildman–Crippen LogP) is 1.32. The zero-order valence-corrected chi connectivity index (χ0v) is 9.85. The fourth-order valence-electron chi connectivity index (χ4n) is 1.10. The molecule has 0 aliphatic rings. The van der Waals surface area contributed by atoms with Crippen molar-refractivity contribution in [3.63, 3.8) is 0 Å². The van der Waals surface area contributed by atoms with E-state index in [1.807, 2.05) is 0 Å². The Kier molecular flexibility index (Phi) is 3.36. The summed E-state index contributed by atoms with van der Waals surface area (Å²) >= 11 is 0. The van der Waals surface area contributed by atoms with E-state index in [4.69, 9.17) is 15.6 Å². The summed E-state index contributed by atoms with van der Waals surface area (Å²) in [7, 11) is 0. The summed E-state index contributed by atoms with van der Waals surface area (Å²) in [4.78, 5) is 26.0. The number of carboxylic acid groups (broad SMARTS) is 1. The van der Waals surface area contributed by atoms with E-state index >= 15 is 0 Å². The molecule has 1 rings (SSSR count). The van der Waals surface area contributed by atoms with E-state index in [-0.39, 0.29) is 17.1 Å². The van der Waals surface area contributed by atoms with E-state index in [1.165, 1.54) is 12.1 Å². The average molecular weight is 238 g/mol. The van der Waals surface area contributed by atoms with Gasteiger partial charge in [0.05, 0.1) is 0 Å². The molecule has 0 saturated heterocycles. The van der Waals surface area contributed by atoms with Gasteiger partial charge in [0.2, 0.25) is 0 Å². The molecule has 0 bridgehead atoms. The number of carbonyl (C=O) groups excluding carboxylic acids is 1. The highest BCUT2D eigenvalue weighted by Crippen LogP contribution is 2.14. The van der Waals surface area contributed by atoms with Crippen molar-refractivity contribution in [2.75, 3.05) is 5.73 Å². The first-order valence-corrected chi connectivity index (χ1v) is 4.94. The second-order valence-electron chi connectivity index (χ2n) is 4.44. The normalized spacial score (nSPS) is 11.0. The number of carboxylic acids is 1. The van der Waals surface area contributed by atoms with Crippen LogP contribution in [-0.4, -0.2) is 27.6 Å². The van der Waals surface area contributed by atoms with Gasteiger partial charge in [-0.15, -0.1) is 0 Å². The Hall–Kier alpha value is -2.11. The number of carbonyl (C=O) groups is 2. The number of esters is 1. The van der Waals surface area contributed by atoms with Gasteiger partial charge in [-0.05, 0) is 32.9 Å². The van der Waals surface area contributed by atoms with E-state index in [1.54, 1.807) is 20.8 Å². The number of anilines is 1. The van der Waals surface area contributed by atoms with Gasteiger partial charge >= 0.3 is 11.9 Å². The zero-order valence-electron chi connectivity index (χ0n) is 9.85. The van der Waals surface area contributed by atoms with Crippen molar-refractivity contribution in [3.8, 4) is 0 Å². The van der Waals surface area contributed by atoms with Crippen molar-refractivity contribution >= 4 is 17.8 Å². The lowest BCUT2D eigenvalue weighted by atomic mass is 10.2. The number of pyridine rings is 1. The van der Waals surface area contributed by atoms with Crippen LogP contribution in [-0.2, 0) is 4.74 Å². The molecule has 0 aliphatic heterocycles. The van der Waals surface area contributed by atoms with Crippen LogP contribution in [0.25, 0.3) is 0 Å². The fourth-order valence-corrected chi connectivity index (χ4v) is 1.10. The van der Waals surface area contributed by atoms with Gasteiger partial charge < -0.3 is 15.6 Å². The maximum atomic E-state index is 11.6. The minimum Gasteiger partial charge on any atom is -0.478 e. The van der Waals surface area contributed by atoms with E-state index in [9.17, 15) is 9.59 Å². The predicted molar refractivity (Wildman–Crippen MR) is 60.8 cm³/mol. The Bertz CT molecular complexity index is 463. The molecule has 0 atom stereocenters. The lowest BCUT2D eigenvalue weighted by molar-refractivity contribution is 0.00625. The van der Waals surface area contributed by atoms with Crippen molar-refractivity contribution in [1.82, 2.24) is 4.98 Å². The van der Waals surface area contributed by atoms with Gasteiger partial charge in [0.25, 0.3) is 0 Å². The van der Waals surface area contributed by atoms with Crippen LogP contribution < -0.4 is 5.73 Å². The number of nitrogens with zero attached hydrogens (tertiary/aromatic N) is 1. The molecule has 1 aromatic heterocycles. The van der Waals surface area contributed by atoms with Crippen LogP contribution in [0.15, 0.2) is 12.1 Å². The molecule has 0 amide bonds. The van der Waals surface area contributed by atoms with E-state index in [0.29, 0.717) is 0 Å². The molecule has 0 unspecified atom stereocenters. The van der Waals surface area contributed by atoms with E-state index in [2.05, 4.69) is 4.98 Å². The summed E-state index contributed by atoms with van der Waals surface area (Å²) in [6, 6.07) is 2.50. The maximum absolute atomic E-state index is 11.6. The molecule has 0 aliphatic carbocycles. The molecule has 17 heavy (non-hydrogen) atoms. The molecule has 0 radical (unpaired) electrons. The Balaban J connectivity index is 2.98. The molecular weight excluding hydrogens is 224 g/mol. The van der Waals surface area contributed by atoms with Gasteiger partial charge in [-0.2, -0.15) is 0 Å². The van der Waals surface area contributed by atoms with Crippen molar-refractivity contribution < 1.29 is 19.4 Å². The minimum atomic E-state index is -1.19. The number of aromatic carboxylic acids is 1. The molecular formula is C11H14N2O4. The summed E-state index contributed by atoms with van der Waals surface area (Å²) in [6.45, 7) is 5.17. The summed E-state index contributed by atoms with van der Waals surface area (Å²) in [5, 5.41) is 8.75. The van der Waals surface area contributed by atoms with Crippen LogP contribution in [0.2, 0.25) is 0 Å². The fraction of sp³-hybridized carbons (Fsp3) is 0.364. The van der Waals surface area contributed by atoms with Gasteiger partial charge in [0.1, 0.15) is 17.0 Å². The van der Waals surface area contributed by atoms with Crippen molar-refractivity contribution in [2.24, 2.45) is 0 Å². The Labute approximate surface area is 98.4 Å². The Morgan fingerprint density at radius 2 is 1.94 bits per heavy atom. The SMILES string of the molecule is CC(C)(C)OC(=O)c1ccc(C(=O)O)c(N)n1. The summed E-state index contributed by atoms with van der Waals surface area (Å²) in [6.07, 6.45) is 0. The summed E-state index contributed by atoms with van der Waals surface area (Å²) in [5.74, 6) is -2.03. The first kappa shape index (κ1) is 13.0. The third kappa shape index (κ3) is 3.44. The van der Waals surface area contributed by atoms with Gasteiger partial charge in [0, 0.05) is 0 Å². The van der Waals surface area contributed by atoms with Gasteiger partial charge in [-0.3, -0.25) is 0 Å². The number of hydrogen-bond acceptors (Lipinski definition) is 5. The standard InChI is InChI=1S/C11H14N2O4/c1-11(2,3)17-10(16)7-5-4-6(9(14)15)8(12)13-7/h4-5H,1-3H3,(H2,12,13)(H,14,15). The lowest BCUT2D eigenvalue weighted by Crippen LogP contribution is -2.24. The smallest absolute Gasteiger partial charge is 0.357 e. The van der Waals surface area contributed by atoms with Crippen LogP contribution in [0.4, 0.5) is 5.82 Å². The lowest BCUT2D eigenvalue weighted by Gasteiger charge is -2.19. The molecule has 92 valence electrons. The van der Waals surface area contributed by atoms with Crippen molar-refractivity contribution in [1.29, 1.82) is 0 Å². The van der Waals surface area contributed by atoms with Crippen LogP contribution in [0, 0.1) is 0 Å². The van der Waals surface area contributed by atoms with Crippen LogP contribution >= 0.6 is 0 Å². The monoisotopic (exact) mass is 238 g/mol. The molecule has 6 heteroatoms. The molecule has 1 heterocycles. The molecule has 0 fully saturated rings. The molecule has 3 N–H and O–H groups in total. The zero-order chi connectivity index (χ0) is 13.2. The van der Waals surface area contributed by atoms with Crippen molar-refractivity contribution in [2.45, 2.75) is 26.4 Å². The Morgan fingerprint density at radius 3 is 2.35 bits per heavy atom. The largest absolute Gasteiger partial charge is 0.478 e. The maximum Gasteiger partial charge on any atom is 0.357 e. The molecule has 0 aromatic carbocycles. The van der Waals surface area contributed by atoms with Crippen LogP contribution in [0.1, 0.15) is 41.6 Å². The highest BCUT2D eigenvalue weighted by Gasteiger charge is 2.20. The number of nitrogen functional groups attached to an aromatic ring is 1. The number of hydrogen-bond donors (Lipinski definition) is 2. The average Bonchev–Trinajstić information content (AvgIpc) is 2.14. The highest BCUT2D eigenvalue weighted by atomic mass is 16.6. The quantitative estimate of drug-likeness (QED) is 0.753. The third-order valence-electron chi connectivity index (χ3n) is 1.76. The Morgan fingerprint density at radius 1 is 1.35 bits per heavy atom. The minimum absolute atomic E-state index is 0.0116.